The predicted molar refractivity (Wildman–Crippen MR) is 127 cm³/mol. The van der Waals surface area contributed by atoms with E-state index in [2.05, 4.69) is 15.1 Å². The first-order valence-corrected chi connectivity index (χ1v) is 12.3. The minimum Gasteiger partial charge on any atom is -0.457 e. The normalized spacial score (nSPS) is 12.2. The molecule has 5 rings (SSSR count). The number of aromatic nitrogens is 4. The molecule has 0 amide bonds. The van der Waals surface area contributed by atoms with Gasteiger partial charge in [0, 0.05) is 34.7 Å². The van der Waals surface area contributed by atoms with Gasteiger partial charge in [0.05, 0.1) is 22.7 Å². The van der Waals surface area contributed by atoms with Gasteiger partial charge in [-0.25, -0.2) is 9.50 Å². The summed E-state index contributed by atoms with van der Waals surface area (Å²) in [4.78, 5) is 9.63. The average Bonchev–Trinajstić information content (AvgIpc) is 3.40. The Labute approximate surface area is 196 Å². The molecule has 0 saturated carbocycles. The maximum absolute atomic E-state index is 12.6. The molecule has 1 unspecified atom stereocenters. The molecule has 32 heavy (non-hydrogen) atoms. The van der Waals surface area contributed by atoms with Gasteiger partial charge in [0.1, 0.15) is 11.5 Å². The lowest BCUT2D eigenvalue weighted by Gasteiger charge is -2.06. The van der Waals surface area contributed by atoms with Crippen LogP contribution in [0.2, 0.25) is 5.02 Å². The van der Waals surface area contributed by atoms with E-state index in [1.165, 1.54) is 11.3 Å². The van der Waals surface area contributed by atoms with Crippen molar-refractivity contribution in [2.75, 3.05) is 5.75 Å². The fourth-order valence-corrected chi connectivity index (χ4v) is 5.41. The van der Waals surface area contributed by atoms with Crippen LogP contribution in [0.5, 0.6) is 11.5 Å². The summed E-state index contributed by atoms with van der Waals surface area (Å²) in [6, 6.07) is 20.6. The molecular weight excluding hydrogens is 464 g/mol. The van der Waals surface area contributed by atoms with Crippen LogP contribution in [0.4, 0.5) is 0 Å². The summed E-state index contributed by atoms with van der Waals surface area (Å²) in [6.45, 7) is 0. The standard InChI is InChI=1S/C23H17ClN4O2S2/c24-17-6-10-20(11-7-17)30-19-8-4-16(5-9-19)21-15-28-22(26-21)31-23(27-28)32(29)14-12-18-3-1-2-13-25-18/h1-11,13,15H,12,14H2. The average molecular weight is 481 g/mol. The molecule has 6 nitrogen and oxygen atoms in total. The maximum Gasteiger partial charge on any atom is 0.213 e. The molecule has 0 fully saturated rings. The topological polar surface area (TPSA) is 69.4 Å². The Morgan fingerprint density at radius 3 is 2.44 bits per heavy atom. The molecule has 0 aliphatic heterocycles. The van der Waals surface area contributed by atoms with Crippen molar-refractivity contribution in [3.05, 3.63) is 89.8 Å². The molecule has 3 heterocycles. The molecule has 5 aromatic rings. The Morgan fingerprint density at radius 1 is 1.00 bits per heavy atom. The van der Waals surface area contributed by atoms with Gasteiger partial charge in [0.25, 0.3) is 0 Å². The van der Waals surface area contributed by atoms with Crippen molar-refractivity contribution in [1.29, 1.82) is 0 Å². The van der Waals surface area contributed by atoms with Gasteiger partial charge in [-0.05, 0) is 60.7 Å². The van der Waals surface area contributed by atoms with Crippen molar-refractivity contribution < 1.29 is 8.95 Å². The van der Waals surface area contributed by atoms with E-state index in [-0.39, 0.29) is 0 Å². The quantitative estimate of drug-likeness (QED) is 0.301. The highest BCUT2D eigenvalue weighted by Crippen LogP contribution is 2.28. The summed E-state index contributed by atoms with van der Waals surface area (Å²) in [5, 5.41) is 5.14. The van der Waals surface area contributed by atoms with Crippen LogP contribution in [-0.4, -0.2) is 29.5 Å². The molecule has 0 aliphatic rings. The molecule has 160 valence electrons. The Morgan fingerprint density at radius 2 is 1.75 bits per heavy atom. The zero-order valence-corrected chi connectivity index (χ0v) is 19.1. The minimum absolute atomic E-state index is 0.482. The number of imidazole rings is 1. The van der Waals surface area contributed by atoms with Gasteiger partial charge in [0.15, 0.2) is 0 Å². The number of aryl methyl sites for hydroxylation is 1. The van der Waals surface area contributed by atoms with Gasteiger partial charge in [0.2, 0.25) is 9.30 Å². The highest BCUT2D eigenvalue weighted by molar-refractivity contribution is 7.87. The lowest BCUT2D eigenvalue weighted by Crippen LogP contribution is -2.03. The van der Waals surface area contributed by atoms with Crippen molar-refractivity contribution in [2.45, 2.75) is 10.8 Å². The third kappa shape index (κ3) is 4.72. The molecule has 0 N–H and O–H groups in total. The number of rotatable bonds is 7. The Kier molecular flexibility index (Phi) is 5.98. The summed E-state index contributed by atoms with van der Waals surface area (Å²) >= 11 is 7.25. The summed E-state index contributed by atoms with van der Waals surface area (Å²) in [5.41, 5.74) is 2.67. The first kappa shape index (κ1) is 20.8. The smallest absolute Gasteiger partial charge is 0.213 e. The van der Waals surface area contributed by atoms with Crippen LogP contribution >= 0.6 is 22.9 Å². The van der Waals surface area contributed by atoms with Crippen LogP contribution in [0.25, 0.3) is 16.2 Å². The van der Waals surface area contributed by atoms with Crippen molar-refractivity contribution in [3.8, 4) is 22.8 Å². The first-order chi connectivity index (χ1) is 15.6. The van der Waals surface area contributed by atoms with E-state index in [0.717, 1.165) is 28.5 Å². The van der Waals surface area contributed by atoms with E-state index in [1.807, 2.05) is 60.8 Å². The summed E-state index contributed by atoms with van der Waals surface area (Å²) in [5.74, 6) is 1.92. The SMILES string of the molecule is O=S(CCc1ccccn1)c1nn2cc(-c3ccc(Oc4ccc(Cl)cc4)cc3)nc2s1. The van der Waals surface area contributed by atoms with E-state index < -0.39 is 10.8 Å². The number of halogens is 1. The van der Waals surface area contributed by atoms with Crippen molar-refractivity contribution in [1.82, 2.24) is 19.6 Å². The monoisotopic (exact) mass is 480 g/mol. The van der Waals surface area contributed by atoms with Crippen LogP contribution in [-0.2, 0) is 17.2 Å². The lowest BCUT2D eigenvalue weighted by atomic mass is 10.2. The van der Waals surface area contributed by atoms with Gasteiger partial charge in [-0.3, -0.25) is 9.19 Å². The molecule has 0 spiro atoms. The van der Waals surface area contributed by atoms with Crippen molar-refractivity contribution in [2.24, 2.45) is 0 Å². The molecule has 3 aromatic heterocycles. The highest BCUT2D eigenvalue weighted by atomic mass is 35.5. The van der Waals surface area contributed by atoms with Crippen LogP contribution in [0, 0.1) is 0 Å². The summed E-state index contributed by atoms with van der Waals surface area (Å²) in [6.07, 6.45) is 4.24. The molecule has 0 saturated heterocycles. The second kappa shape index (κ2) is 9.20. The predicted octanol–water partition coefficient (Wildman–Crippen LogP) is 5.65. The van der Waals surface area contributed by atoms with Gasteiger partial charge >= 0.3 is 0 Å². The Balaban J connectivity index is 1.26. The second-order valence-electron chi connectivity index (χ2n) is 6.92. The Hall–Kier alpha value is -3.07. The van der Waals surface area contributed by atoms with Gasteiger partial charge in [-0.1, -0.05) is 29.0 Å². The number of fused-ring (bicyclic) bond motifs is 1. The van der Waals surface area contributed by atoms with E-state index >= 15 is 0 Å². The van der Waals surface area contributed by atoms with Crippen LogP contribution in [0.3, 0.4) is 0 Å². The summed E-state index contributed by atoms with van der Waals surface area (Å²) < 4.78 is 20.7. The molecule has 0 aliphatic carbocycles. The number of ether oxygens (including phenoxy) is 1. The van der Waals surface area contributed by atoms with E-state index in [9.17, 15) is 4.21 Å². The fourth-order valence-electron chi connectivity index (χ4n) is 3.08. The summed E-state index contributed by atoms with van der Waals surface area (Å²) in [7, 11) is -1.19. The first-order valence-electron chi connectivity index (χ1n) is 9.82. The molecule has 0 bridgehead atoms. The molecule has 2 aromatic carbocycles. The van der Waals surface area contributed by atoms with Gasteiger partial charge in [-0.2, -0.15) is 0 Å². The second-order valence-corrected chi connectivity index (χ2v) is 10.1. The largest absolute Gasteiger partial charge is 0.457 e. The zero-order chi connectivity index (χ0) is 21.9. The highest BCUT2D eigenvalue weighted by Gasteiger charge is 2.14. The number of benzene rings is 2. The van der Waals surface area contributed by atoms with E-state index in [1.54, 1.807) is 22.8 Å². The van der Waals surface area contributed by atoms with E-state index in [4.69, 9.17) is 16.3 Å². The van der Waals surface area contributed by atoms with Gasteiger partial charge in [-0.15, -0.1) is 5.10 Å². The molecule has 9 heteroatoms. The van der Waals surface area contributed by atoms with Crippen LogP contribution in [0.1, 0.15) is 5.69 Å². The molecule has 1 atom stereocenters. The molecular formula is C23H17ClN4O2S2. The number of nitrogens with zero attached hydrogens (tertiary/aromatic N) is 4. The third-order valence-electron chi connectivity index (χ3n) is 4.69. The Bertz CT molecular complexity index is 1340. The fraction of sp³-hybridized carbons (Fsp3) is 0.0870. The molecule has 0 radical (unpaired) electrons. The van der Waals surface area contributed by atoms with Crippen molar-refractivity contribution in [3.63, 3.8) is 0 Å². The number of hydrogen-bond donors (Lipinski definition) is 0. The number of hydrogen-bond acceptors (Lipinski definition) is 6. The maximum atomic E-state index is 12.6. The van der Waals surface area contributed by atoms with E-state index in [0.29, 0.717) is 26.5 Å². The number of pyridine rings is 1. The van der Waals surface area contributed by atoms with Crippen LogP contribution < -0.4 is 4.74 Å². The third-order valence-corrected chi connectivity index (χ3v) is 7.51. The van der Waals surface area contributed by atoms with Crippen LogP contribution in [0.15, 0.2) is 83.5 Å². The lowest BCUT2D eigenvalue weighted by molar-refractivity contribution is 0.483. The minimum atomic E-state index is -1.19. The zero-order valence-electron chi connectivity index (χ0n) is 16.7. The van der Waals surface area contributed by atoms with Crippen molar-refractivity contribution >= 4 is 38.7 Å². The van der Waals surface area contributed by atoms with Gasteiger partial charge < -0.3 is 4.74 Å².